The standard InChI is InChI=1S/C31H31N3O6S/c1-23-13-15-26(16-14-23)34(41(36,37)27-17-18-29(38-2)30(19-27)39-3)21-31(35)33-32-20-25-11-7-8-12-28(25)40-22-24-9-5-4-6-10-24/h4-20H,21-22H2,1-3H3,(H,33,35)/b32-20-. The summed E-state index contributed by atoms with van der Waals surface area (Å²) in [5.74, 6) is 0.591. The van der Waals surface area contributed by atoms with E-state index in [9.17, 15) is 13.2 Å². The number of carbonyl (C=O) groups excluding carboxylic acids is 1. The predicted octanol–water partition coefficient (Wildman–Crippen LogP) is 4.94. The Labute approximate surface area is 240 Å². The summed E-state index contributed by atoms with van der Waals surface area (Å²) >= 11 is 0. The van der Waals surface area contributed by atoms with Crippen LogP contribution in [0.5, 0.6) is 17.2 Å². The Morgan fingerprint density at radius 1 is 0.854 bits per heavy atom. The summed E-state index contributed by atoms with van der Waals surface area (Å²) in [6.45, 7) is 1.75. The lowest BCUT2D eigenvalue weighted by Crippen LogP contribution is -2.39. The largest absolute Gasteiger partial charge is 0.493 e. The lowest BCUT2D eigenvalue weighted by atomic mass is 10.2. The first-order valence-electron chi connectivity index (χ1n) is 12.7. The molecule has 0 radical (unpaired) electrons. The number of anilines is 1. The van der Waals surface area contributed by atoms with Crippen molar-refractivity contribution in [3.63, 3.8) is 0 Å². The molecule has 0 bridgehead atoms. The third kappa shape index (κ3) is 7.43. The molecule has 212 valence electrons. The zero-order valence-electron chi connectivity index (χ0n) is 23.0. The van der Waals surface area contributed by atoms with Crippen molar-refractivity contribution < 1.29 is 27.4 Å². The summed E-state index contributed by atoms with van der Waals surface area (Å²) in [7, 11) is -1.29. The highest BCUT2D eigenvalue weighted by molar-refractivity contribution is 7.92. The van der Waals surface area contributed by atoms with Crippen LogP contribution in [0.3, 0.4) is 0 Å². The first kappa shape index (κ1) is 29.2. The fraction of sp³-hybridized carbons (Fsp3) is 0.161. The molecule has 1 N–H and O–H groups in total. The van der Waals surface area contributed by atoms with Crippen molar-refractivity contribution in [1.29, 1.82) is 0 Å². The molecule has 0 saturated heterocycles. The van der Waals surface area contributed by atoms with E-state index in [0.717, 1.165) is 15.4 Å². The van der Waals surface area contributed by atoms with Crippen molar-refractivity contribution in [3.05, 3.63) is 114 Å². The molecule has 0 aliphatic rings. The van der Waals surface area contributed by atoms with Crippen LogP contribution in [-0.2, 0) is 21.4 Å². The Morgan fingerprint density at radius 2 is 1.54 bits per heavy atom. The van der Waals surface area contributed by atoms with Gasteiger partial charge in [-0.25, -0.2) is 13.8 Å². The zero-order chi connectivity index (χ0) is 29.2. The number of nitrogens with zero attached hydrogens (tertiary/aromatic N) is 2. The van der Waals surface area contributed by atoms with E-state index in [1.54, 1.807) is 36.4 Å². The van der Waals surface area contributed by atoms with Gasteiger partial charge in [-0.3, -0.25) is 9.10 Å². The molecule has 41 heavy (non-hydrogen) atoms. The van der Waals surface area contributed by atoms with Crippen molar-refractivity contribution in [2.45, 2.75) is 18.4 Å². The molecule has 10 heteroatoms. The molecule has 0 aliphatic heterocycles. The monoisotopic (exact) mass is 573 g/mol. The zero-order valence-corrected chi connectivity index (χ0v) is 23.8. The highest BCUT2D eigenvalue weighted by Gasteiger charge is 2.28. The molecule has 1 amide bonds. The summed E-state index contributed by atoms with van der Waals surface area (Å²) in [6.07, 6.45) is 1.46. The highest BCUT2D eigenvalue weighted by atomic mass is 32.2. The minimum atomic E-state index is -4.17. The number of nitrogens with one attached hydrogen (secondary N) is 1. The number of hydrazone groups is 1. The number of sulfonamides is 1. The van der Waals surface area contributed by atoms with Crippen LogP contribution in [0.15, 0.2) is 107 Å². The maximum absolute atomic E-state index is 13.7. The summed E-state index contributed by atoms with van der Waals surface area (Å²) in [5.41, 5.74) is 5.36. The molecule has 0 aromatic heterocycles. The van der Waals surface area contributed by atoms with Crippen molar-refractivity contribution >= 4 is 27.8 Å². The van der Waals surface area contributed by atoms with Crippen LogP contribution in [0.4, 0.5) is 5.69 Å². The van der Waals surface area contributed by atoms with Crippen molar-refractivity contribution in [2.24, 2.45) is 5.10 Å². The molecule has 4 aromatic carbocycles. The van der Waals surface area contributed by atoms with Crippen LogP contribution in [0.2, 0.25) is 0 Å². The van der Waals surface area contributed by atoms with Gasteiger partial charge in [0, 0.05) is 11.6 Å². The first-order chi connectivity index (χ1) is 19.8. The number of hydrogen-bond acceptors (Lipinski definition) is 7. The van der Waals surface area contributed by atoms with Gasteiger partial charge in [0.05, 0.1) is 31.0 Å². The minimum absolute atomic E-state index is 0.0588. The average Bonchev–Trinajstić information content (AvgIpc) is 3.00. The number of methoxy groups -OCH3 is 2. The molecule has 0 saturated carbocycles. The van der Waals surface area contributed by atoms with Gasteiger partial charge >= 0.3 is 0 Å². The summed E-state index contributed by atoms with van der Waals surface area (Å²) < 4.78 is 45.0. The quantitative estimate of drug-likeness (QED) is 0.190. The number of rotatable bonds is 12. The first-order valence-corrected chi connectivity index (χ1v) is 14.1. The van der Waals surface area contributed by atoms with Gasteiger partial charge in [-0.15, -0.1) is 0 Å². The Morgan fingerprint density at radius 3 is 2.24 bits per heavy atom. The van der Waals surface area contributed by atoms with E-state index in [-0.39, 0.29) is 10.6 Å². The maximum atomic E-state index is 13.7. The summed E-state index contributed by atoms with van der Waals surface area (Å²) in [5, 5.41) is 4.06. The predicted molar refractivity (Wildman–Crippen MR) is 158 cm³/mol. The number of carbonyl (C=O) groups is 1. The molecular formula is C31H31N3O6S. The van der Waals surface area contributed by atoms with Crippen LogP contribution in [0.1, 0.15) is 16.7 Å². The van der Waals surface area contributed by atoms with Crippen molar-refractivity contribution in [1.82, 2.24) is 5.43 Å². The van der Waals surface area contributed by atoms with Gasteiger partial charge in [-0.05, 0) is 48.9 Å². The van der Waals surface area contributed by atoms with Gasteiger partial charge in [0.25, 0.3) is 15.9 Å². The molecule has 0 heterocycles. The number of para-hydroxylation sites is 1. The van der Waals surface area contributed by atoms with E-state index in [4.69, 9.17) is 14.2 Å². The van der Waals surface area contributed by atoms with E-state index in [1.165, 1.54) is 38.6 Å². The smallest absolute Gasteiger partial charge is 0.264 e. The number of amides is 1. The van der Waals surface area contributed by atoms with Crippen LogP contribution in [0, 0.1) is 6.92 Å². The highest BCUT2D eigenvalue weighted by Crippen LogP contribution is 2.32. The molecule has 0 fully saturated rings. The molecule has 4 rings (SSSR count). The second-order valence-electron chi connectivity index (χ2n) is 8.97. The van der Waals surface area contributed by atoms with Crippen molar-refractivity contribution in [3.8, 4) is 17.2 Å². The van der Waals surface area contributed by atoms with Crippen molar-refractivity contribution in [2.75, 3.05) is 25.1 Å². The van der Waals surface area contributed by atoms with Crippen LogP contribution >= 0.6 is 0 Å². The second kappa shape index (κ2) is 13.5. The van der Waals surface area contributed by atoms with E-state index in [2.05, 4.69) is 10.5 Å². The molecule has 4 aromatic rings. The normalized spacial score (nSPS) is 11.2. The minimum Gasteiger partial charge on any atom is -0.493 e. The van der Waals surface area contributed by atoms with E-state index < -0.39 is 22.5 Å². The third-order valence-electron chi connectivity index (χ3n) is 6.10. The molecule has 0 atom stereocenters. The summed E-state index contributed by atoms with van der Waals surface area (Å²) in [6, 6.07) is 28.1. The topological polar surface area (TPSA) is 107 Å². The lowest BCUT2D eigenvalue weighted by Gasteiger charge is -2.24. The fourth-order valence-electron chi connectivity index (χ4n) is 3.92. The van der Waals surface area contributed by atoms with Crippen LogP contribution < -0.4 is 23.9 Å². The lowest BCUT2D eigenvalue weighted by molar-refractivity contribution is -0.119. The maximum Gasteiger partial charge on any atom is 0.264 e. The number of ether oxygens (including phenoxy) is 3. The van der Waals surface area contributed by atoms with Crippen LogP contribution in [-0.4, -0.2) is 41.3 Å². The Hall–Kier alpha value is -4.83. The molecule has 9 nitrogen and oxygen atoms in total. The number of benzene rings is 4. The van der Waals surface area contributed by atoms with Gasteiger partial charge < -0.3 is 14.2 Å². The summed E-state index contributed by atoms with van der Waals surface area (Å²) in [4.78, 5) is 12.9. The Balaban J connectivity index is 1.52. The number of hydrogen-bond donors (Lipinski definition) is 1. The molecule has 0 unspecified atom stereocenters. The fourth-order valence-corrected chi connectivity index (χ4v) is 5.36. The Bertz CT molecular complexity index is 1610. The van der Waals surface area contributed by atoms with Gasteiger partial charge in [-0.2, -0.15) is 5.10 Å². The van der Waals surface area contributed by atoms with Gasteiger partial charge in [0.15, 0.2) is 11.5 Å². The second-order valence-corrected chi connectivity index (χ2v) is 10.8. The van der Waals surface area contributed by atoms with Gasteiger partial charge in [0.1, 0.15) is 18.9 Å². The van der Waals surface area contributed by atoms with E-state index >= 15 is 0 Å². The number of aryl methyl sites for hydroxylation is 1. The molecule has 0 spiro atoms. The van der Waals surface area contributed by atoms with E-state index in [1.807, 2.05) is 49.4 Å². The third-order valence-corrected chi connectivity index (χ3v) is 7.87. The van der Waals surface area contributed by atoms with E-state index in [0.29, 0.717) is 29.4 Å². The van der Waals surface area contributed by atoms with Gasteiger partial charge in [-0.1, -0.05) is 60.2 Å². The molecule has 0 aliphatic carbocycles. The average molecular weight is 574 g/mol. The van der Waals surface area contributed by atoms with Crippen LogP contribution in [0.25, 0.3) is 0 Å². The SMILES string of the molecule is COc1ccc(S(=O)(=O)N(CC(=O)N/N=C\c2ccccc2OCc2ccccc2)c2ccc(C)cc2)cc1OC. The van der Waals surface area contributed by atoms with Gasteiger partial charge in [0.2, 0.25) is 0 Å². The molecular weight excluding hydrogens is 542 g/mol. The Kier molecular flexibility index (Phi) is 9.60.